The fourth-order valence-corrected chi connectivity index (χ4v) is 2.36. The highest BCUT2D eigenvalue weighted by Gasteiger charge is 2.15. The van der Waals surface area contributed by atoms with E-state index in [1.54, 1.807) is 13.0 Å². The summed E-state index contributed by atoms with van der Waals surface area (Å²) in [6, 6.07) is 7.35. The Hall–Kier alpha value is -1.78. The molecule has 0 heterocycles. The molecule has 0 amide bonds. The molecule has 0 radical (unpaired) electrons. The fraction of sp³-hybridized carbons (Fsp3) is 0.188. The number of aldehydes is 1. The molecule has 2 rings (SSSR count). The molecule has 0 N–H and O–H groups in total. The van der Waals surface area contributed by atoms with Gasteiger partial charge in [0.1, 0.15) is 18.7 Å². The summed E-state index contributed by atoms with van der Waals surface area (Å²) in [5.41, 5.74) is 0.590. The third kappa shape index (κ3) is 3.70. The second kappa shape index (κ2) is 7.47. The van der Waals surface area contributed by atoms with Gasteiger partial charge in [-0.25, -0.2) is 4.39 Å². The van der Waals surface area contributed by atoms with Crippen LogP contribution in [0.25, 0.3) is 0 Å². The lowest BCUT2D eigenvalue weighted by molar-refractivity contribution is 0.112. The number of carbonyl (C=O) groups is 1. The SMILES string of the molecule is CCOc1cc(C=O)cc(Cl)c1OCc1c(F)cccc1Cl. The number of ether oxygens (including phenoxy) is 2. The number of carbonyl (C=O) groups excluding carboxylic acids is 1. The topological polar surface area (TPSA) is 35.5 Å². The Morgan fingerprint density at radius 2 is 1.95 bits per heavy atom. The van der Waals surface area contributed by atoms with Gasteiger partial charge in [-0.1, -0.05) is 29.3 Å². The van der Waals surface area contributed by atoms with E-state index in [1.807, 2.05) is 0 Å². The minimum Gasteiger partial charge on any atom is -0.490 e. The number of halogens is 3. The van der Waals surface area contributed by atoms with Crippen LogP contribution in [-0.2, 0) is 6.61 Å². The highest BCUT2D eigenvalue weighted by molar-refractivity contribution is 6.32. The van der Waals surface area contributed by atoms with Crippen molar-refractivity contribution in [2.45, 2.75) is 13.5 Å². The van der Waals surface area contributed by atoms with Crippen molar-refractivity contribution in [2.75, 3.05) is 6.61 Å². The molecule has 6 heteroatoms. The fourth-order valence-electron chi connectivity index (χ4n) is 1.87. The maximum atomic E-state index is 13.7. The summed E-state index contributed by atoms with van der Waals surface area (Å²) in [6.07, 6.45) is 0.659. The predicted octanol–water partition coefficient (Wildman–Crippen LogP) is 4.92. The van der Waals surface area contributed by atoms with Gasteiger partial charge < -0.3 is 9.47 Å². The Bertz CT molecular complexity index is 669. The van der Waals surface area contributed by atoms with Crippen LogP contribution in [0.3, 0.4) is 0 Å². The summed E-state index contributed by atoms with van der Waals surface area (Å²) < 4.78 is 24.7. The first-order valence-electron chi connectivity index (χ1n) is 6.54. The molecule has 0 aliphatic heterocycles. The first kappa shape index (κ1) is 16.6. The average Bonchev–Trinajstić information content (AvgIpc) is 2.48. The molecule has 0 spiro atoms. The summed E-state index contributed by atoms with van der Waals surface area (Å²) in [4.78, 5) is 10.9. The van der Waals surface area contributed by atoms with Gasteiger partial charge in [-0.2, -0.15) is 0 Å². The van der Waals surface area contributed by atoms with Gasteiger partial charge in [-0.3, -0.25) is 4.79 Å². The number of hydrogen-bond acceptors (Lipinski definition) is 3. The van der Waals surface area contributed by atoms with Crippen LogP contribution >= 0.6 is 23.2 Å². The highest BCUT2D eigenvalue weighted by atomic mass is 35.5. The van der Waals surface area contributed by atoms with Crippen LogP contribution in [-0.4, -0.2) is 12.9 Å². The van der Waals surface area contributed by atoms with E-state index in [9.17, 15) is 9.18 Å². The Labute approximate surface area is 137 Å². The van der Waals surface area contributed by atoms with E-state index in [0.29, 0.717) is 24.2 Å². The van der Waals surface area contributed by atoms with Crippen LogP contribution in [0, 0.1) is 5.82 Å². The Morgan fingerprint density at radius 1 is 1.18 bits per heavy atom. The number of hydrogen-bond donors (Lipinski definition) is 0. The molecule has 0 unspecified atom stereocenters. The van der Waals surface area contributed by atoms with Crippen molar-refractivity contribution in [2.24, 2.45) is 0 Å². The van der Waals surface area contributed by atoms with E-state index < -0.39 is 5.82 Å². The van der Waals surface area contributed by atoms with E-state index in [2.05, 4.69) is 0 Å². The van der Waals surface area contributed by atoms with Crippen LogP contribution in [0.15, 0.2) is 30.3 Å². The third-order valence-electron chi connectivity index (χ3n) is 2.89. The number of benzene rings is 2. The molecule has 0 aromatic heterocycles. The van der Waals surface area contributed by atoms with Gasteiger partial charge in [-0.05, 0) is 31.2 Å². The van der Waals surface area contributed by atoms with Crippen LogP contribution in [0.2, 0.25) is 10.0 Å². The van der Waals surface area contributed by atoms with Crippen molar-refractivity contribution in [3.05, 3.63) is 57.3 Å². The van der Waals surface area contributed by atoms with E-state index in [-0.39, 0.29) is 28.0 Å². The molecule has 0 bridgehead atoms. The first-order valence-corrected chi connectivity index (χ1v) is 7.29. The largest absolute Gasteiger partial charge is 0.490 e. The second-order valence-electron chi connectivity index (χ2n) is 4.37. The Balaban J connectivity index is 2.31. The average molecular weight is 343 g/mol. The van der Waals surface area contributed by atoms with Crippen molar-refractivity contribution in [3.8, 4) is 11.5 Å². The Kier molecular flexibility index (Phi) is 5.63. The summed E-state index contributed by atoms with van der Waals surface area (Å²) >= 11 is 12.1. The molecule has 0 saturated carbocycles. The zero-order chi connectivity index (χ0) is 16.1. The lowest BCUT2D eigenvalue weighted by Gasteiger charge is -2.15. The second-order valence-corrected chi connectivity index (χ2v) is 5.18. The van der Waals surface area contributed by atoms with Crippen LogP contribution in [0.4, 0.5) is 4.39 Å². The van der Waals surface area contributed by atoms with Crippen molar-refractivity contribution in [1.82, 2.24) is 0 Å². The predicted molar refractivity (Wildman–Crippen MR) is 83.8 cm³/mol. The van der Waals surface area contributed by atoms with Crippen LogP contribution in [0.1, 0.15) is 22.8 Å². The maximum Gasteiger partial charge on any atom is 0.180 e. The standard InChI is InChI=1S/C16H13Cl2FO3/c1-2-21-15-7-10(8-20)6-13(18)16(15)22-9-11-12(17)4-3-5-14(11)19/h3-8H,2,9H2,1H3. The molecule has 116 valence electrons. The minimum absolute atomic E-state index is 0.105. The summed E-state index contributed by atoms with van der Waals surface area (Å²) in [5.74, 6) is 0.101. The van der Waals surface area contributed by atoms with E-state index in [1.165, 1.54) is 24.3 Å². The molecule has 3 nitrogen and oxygen atoms in total. The number of rotatable bonds is 6. The molecule has 22 heavy (non-hydrogen) atoms. The maximum absolute atomic E-state index is 13.7. The molecule has 2 aromatic rings. The zero-order valence-electron chi connectivity index (χ0n) is 11.7. The molecule has 0 aliphatic rings. The summed E-state index contributed by atoms with van der Waals surface area (Å²) in [5, 5.41) is 0.471. The summed E-state index contributed by atoms with van der Waals surface area (Å²) in [6.45, 7) is 2.06. The van der Waals surface area contributed by atoms with E-state index in [0.717, 1.165) is 0 Å². The normalized spacial score (nSPS) is 10.4. The lowest BCUT2D eigenvalue weighted by atomic mass is 10.2. The lowest BCUT2D eigenvalue weighted by Crippen LogP contribution is -2.03. The molecule has 0 atom stereocenters. The molecular weight excluding hydrogens is 330 g/mol. The molecule has 2 aromatic carbocycles. The van der Waals surface area contributed by atoms with Gasteiger partial charge in [0.2, 0.25) is 0 Å². The van der Waals surface area contributed by atoms with Crippen molar-refractivity contribution in [1.29, 1.82) is 0 Å². The van der Waals surface area contributed by atoms with Gasteiger partial charge in [0.05, 0.1) is 16.7 Å². The highest BCUT2D eigenvalue weighted by Crippen LogP contribution is 2.37. The zero-order valence-corrected chi connectivity index (χ0v) is 13.2. The molecule has 0 aliphatic carbocycles. The van der Waals surface area contributed by atoms with Crippen LogP contribution in [0.5, 0.6) is 11.5 Å². The third-order valence-corrected chi connectivity index (χ3v) is 3.53. The quantitative estimate of drug-likeness (QED) is 0.698. The molecular formula is C16H13Cl2FO3. The van der Waals surface area contributed by atoms with Gasteiger partial charge in [-0.15, -0.1) is 0 Å². The smallest absolute Gasteiger partial charge is 0.180 e. The van der Waals surface area contributed by atoms with Gasteiger partial charge in [0, 0.05) is 11.1 Å². The van der Waals surface area contributed by atoms with E-state index >= 15 is 0 Å². The van der Waals surface area contributed by atoms with Crippen molar-refractivity contribution < 1.29 is 18.7 Å². The molecule has 0 saturated heterocycles. The van der Waals surface area contributed by atoms with Gasteiger partial charge >= 0.3 is 0 Å². The first-order chi connectivity index (χ1) is 10.6. The Morgan fingerprint density at radius 3 is 2.59 bits per heavy atom. The minimum atomic E-state index is -0.467. The monoisotopic (exact) mass is 342 g/mol. The van der Waals surface area contributed by atoms with Crippen molar-refractivity contribution in [3.63, 3.8) is 0 Å². The van der Waals surface area contributed by atoms with Gasteiger partial charge in [0.15, 0.2) is 11.5 Å². The van der Waals surface area contributed by atoms with Gasteiger partial charge in [0.25, 0.3) is 0 Å². The van der Waals surface area contributed by atoms with Crippen molar-refractivity contribution >= 4 is 29.5 Å². The van der Waals surface area contributed by atoms with E-state index in [4.69, 9.17) is 32.7 Å². The summed E-state index contributed by atoms with van der Waals surface area (Å²) in [7, 11) is 0. The molecule has 0 fully saturated rings. The van der Waals surface area contributed by atoms with Crippen LogP contribution < -0.4 is 9.47 Å².